The van der Waals surface area contributed by atoms with E-state index >= 15 is 0 Å². The summed E-state index contributed by atoms with van der Waals surface area (Å²) in [6.45, 7) is 0.144. The minimum absolute atomic E-state index is 0.258. The van der Waals surface area contributed by atoms with Crippen molar-refractivity contribution in [2.24, 2.45) is 0 Å². The summed E-state index contributed by atoms with van der Waals surface area (Å²) in [6.07, 6.45) is -2.33. The van der Waals surface area contributed by atoms with E-state index in [1.807, 2.05) is 0 Å². The monoisotopic (exact) mass is 230 g/mol. The van der Waals surface area contributed by atoms with Gasteiger partial charge >= 0.3 is 0 Å². The van der Waals surface area contributed by atoms with Gasteiger partial charge < -0.3 is 10.5 Å². The van der Waals surface area contributed by atoms with Crippen molar-refractivity contribution < 1.29 is 13.5 Å². The highest BCUT2D eigenvalue weighted by Crippen LogP contribution is 2.20. The molecule has 0 amide bonds. The van der Waals surface area contributed by atoms with Gasteiger partial charge in [0.05, 0.1) is 13.7 Å². The van der Waals surface area contributed by atoms with E-state index in [1.165, 1.54) is 4.90 Å². The lowest BCUT2D eigenvalue weighted by Gasteiger charge is -2.17. The van der Waals surface area contributed by atoms with Gasteiger partial charge in [-0.05, 0) is 18.7 Å². The minimum atomic E-state index is -2.33. The highest BCUT2D eigenvalue weighted by atomic mass is 19.3. The molecular weight excluding hydrogens is 214 g/mol. The van der Waals surface area contributed by atoms with Crippen molar-refractivity contribution in [1.82, 2.24) is 4.90 Å². The van der Waals surface area contributed by atoms with Crippen molar-refractivity contribution in [1.29, 1.82) is 0 Å². The molecule has 1 aromatic rings. The Hall–Kier alpha value is -1.36. The molecule has 0 aliphatic carbocycles. The summed E-state index contributed by atoms with van der Waals surface area (Å²) in [5.41, 5.74) is 7.16. The Morgan fingerprint density at radius 1 is 1.44 bits per heavy atom. The summed E-state index contributed by atoms with van der Waals surface area (Å²) in [5.74, 6) is 0.665. The standard InChI is InChI=1S/C11H16F2N2O/c1-15(7-11(12)13)6-8-3-4-9(16-2)5-10(8)14/h3-5,11H,6-7,14H2,1-2H3. The number of nitrogens with zero attached hydrogens (tertiary/aromatic N) is 1. The Morgan fingerprint density at radius 2 is 2.12 bits per heavy atom. The lowest BCUT2D eigenvalue weighted by atomic mass is 10.1. The van der Waals surface area contributed by atoms with Gasteiger partial charge in [0.15, 0.2) is 0 Å². The number of anilines is 1. The molecule has 0 atom stereocenters. The van der Waals surface area contributed by atoms with E-state index < -0.39 is 6.43 Å². The maximum Gasteiger partial charge on any atom is 0.251 e. The molecule has 0 radical (unpaired) electrons. The number of benzene rings is 1. The van der Waals surface area contributed by atoms with E-state index in [0.717, 1.165) is 5.56 Å². The number of ether oxygens (including phenoxy) is 1. The molecule has 90 valence electrons. The first-order valence-corrected chi connectivity index (χ1v) is 4.92. The Morgan fingerprint density at radius 3 is 2.62 bits per heavy atom. The van der Waals surface area contributed by atoms with Gasteiger partial charge in [-0.2, -0.15) is 0 Å². The zero-order valence-electron chi connectivity index (χ0n) is 9.41. The topological polar surface area (TPSA) is 38.5 Å². The predicted octanol–water partition coefficient (Wildman–Crippen LogP) is 1.97. The van der Waals surface area contributed by atoms with Gasteiger partial charge in [0, 0.05) is 18.3 Å². The fraction of sp³-hybridized carbons (Fsp3) is 0.455. The predicted molar refractivity (Wildman–Crippen MR) is 59.7 cm³/mol. The number of nitrogens with two attached hydrogens (primary N) is 1. The van der Waals surface area contributed by atoms with Crippen molar-refractivity contribution in [3.63, 3.8) is 0 Å². The van der Waals surface area contributed by atoms with Crippen LogP contribution in [0.15, 0.2) is 18.2 Å². The molecule has 0 fully saturated rings. The molecule has 0 spiro atoms. The molecule has 0 heterocycles. The van der Waals surface area contributed by atoms with Gasteiger partial charge in [-0.15, -0.1) is 0 Å². The van der Waals surface area contributed by atoms with Crippen molar-refractivity contribution in [2.45, 2.75) is 13.0 Å². The van der Waals surface area contributed by atoms with E-state index in [1.54, 1.807) is 32.4 Å². The second-order valence-electron chi connectivity index (χ2n) is 3.65. The number of alkyl halides is 2. The SMILES string of the molecule is COc1ccc(CN(C)CC(F)F)c(N)c1. The van der Waals surface area contributed by atoms with Crippen LogP contribution in [0.2, 0.25) is 0 Å². The van der Waals surface area contributed by atoms with Crippen LogP contribution in [0.25, 0.3) is 0 Å². The van der Waals surface area contributed by atoms with Crippen LogP contribution in [-0.4, -0.2) is 32.0 Å². The number of hydrogen-bond acceptors (Lipinski definition) is 3. The number of rotatable bonds is 5. The Balaban J connectivity index is 2.66. The maximum atomic E-state index is 12.1. The third-order valence-electron chi connectivity index (χ3n) is 2.24. The largest absolute Gasteiger partial charge is 0.497 e. The summed E-state index contributed by atoms with van der Waals surface area (Å²) < 4.78 is 29.2. The van der Waals surface area contributed by atoms with Crippen LogP contribution in [-0.2, 0) is 6.54 Å². The second-order valence-corrected chi connectivity index (χ2v) is 3.65. The molecule has 2 N–H and O–H groups in total. The number of nitrogen functional groups attached to an aromatic ring is 1. The van der Waals surface area contributed by atoms with E-state index in [2.05, 4.69) is 0 Å². The molecule has 3 nitrogen and oxygen atoms in total. The normalized spacial score (nSPS) is 11.1. The Labute approximate surface area is 93.8 Å². The molecule has 5 heteroatoms. The van der Waals surface area contributed by atoms with Crippen molar-refractivity contribution in [3.8, 4) is 5.75 Å². The molecule has 0 saturated carbocycles. The van der Waals surface area contributed by atoms with E-state index in [4.69, 9.17) is 10.5 Å². The first kappa shape index (κ1) is 12.7. The fourth-order valence-electron chi connectivity index (χ4n) is 1.43. The van der Waals surface area contributed by atoms with Crippen LogP contribution >= 0.6 is 0 Å². The van der Waals surface area contributed by atoms with Crippen LogP contribution in [0.5, 0.6) is 5.75 Å². The first-order chi connectivity index (χ1) is 7.52. The number of methoxy groups -OCH3 is 1. The molecule has 0 aromatic heterocycles. The van der Waals surface area contributed by atoms with Crippen molar-refractivity contribution in [3.05, 3.63) is 23.8 Å². The molecular formula is C11H16F2N2O. The third-order valence-corrected chi connectivity index (χ3v) is 2.24. The summed E-state index contributed by atoms with van der Waals surface area (Å²) in [7, 11) is 3.19. The summed E-state index contributed by atoms with van der Waals surface area (Å²) in [6, 6.07) is 5.24. The third kappa shape index (κ3) is 3.66. The van der Waals surface area contributed by atoms with Crippen molar-refractivity contribution in [2.75, 3.05) is 26.4 Å². The summed E-state index contributed by atoms with van der Waals surface area (Å²) in [4.78, 5) is 1.53. The van der Waals surface area contributed by atoms with Gasteiger partial charge in [-0.25, -0.2) is 8.78 Å². The first-order valence-electron chi connectivity index (χ1n) is 4.92. The van der Waals surface area contributed by atoms with Gasteiger partial charge in [0.25, 0.3) is 6.43 Å². The molecule has 1 aromatic carbocycles. The van der Waals surface area contributed by atoms with Crippen LogP contribution in [0, 0.1) is 0 Å². The number of halogens is 2. The highest BCUT2D eigenvalue weighted by molar-refractivity contribution is 5.51. The van der Waals surface area contributed by atoms with Crippen LogP contribution in [0.1, 0.15) is 5.56 Å². The summed E-state index contributed by atoms with van der Waals surface area (Å²) >= 11 is 0. The molecule has 0 aliphatic rings. The molecule has 0 unspecified atom stereocenters. The van der Waals surface area contributed by atoms with Crippen LogP contribution in [0.4, 0.5) is 14.5 Å². The molecule has 1 rings (SSSR count). The van der Waals surface area contributed by atoms with E-state index in [9.17, 15) is 8.78 Å². The zero-order valence-corrected chi connectivity index (χ0v) is 9.41. The zero-order chi connectivity index (χ0) is 12.1. The fourth-order valence-corrected chi connectivity index (χ4v) is 1.43. The van der Waals surface area contributed by atoms with Gasteiger partial charge in [0.2, 0.25) is 0 Å². The average Bonchev–Trinajstić information content (AvgIpc) is 2.19. The number of hydrogen-bond donors (Lipinski definition) is 1. The van der Waals surface area contributed by atoms with Crippen LogP contribution < -0.4 is 10.5 Å². The average molecular weight is 230 g/mol. The van der Waals surface area contributed by atoms with Gasteiger partial charge in [0.1, 0.15) is 5.75 Å². The second kappa shape index (κ2) is 5.65. The molecule has 16 heavy (non-hydrogen) atoms. The Kier molecular flexibility index (Phi) is 4.49. The highest BCUT2D eigenvalue weighted by Gasteiger charge is 2.09. The smallest absolute Gasteiger partial charge is 0.251 e. The van der Waals surface area contributed by atoms with Gasteiger partial charge in [-0.3, -0.25) is 4.90 Å². The lowest BCUT2D eigenvalue weighted by molar-refractivity contribution is 0.0976. The lowest BCUT2D eigenvalue weighted by Crippen LogP contribution is -2.24. The van der Waals surface area contributed by atoms with E-state index in [-0.39, 0.29) is 6.54 Å². The summed E-state index contributed by atoms with van der Waals surface area (Å²) in [5, 5.41) is 0. The van der Waals surface area contributed by atoms with Crippen molar-refractivity contribution >= 4 is 5.69 Å². The molecule has 0 aliphatic heterocycles. The quantitative estimate of drug-likeness (QED) is 0.786. The van der Waals surface area contributed by atoms with Gasteiger partial charge in [-0.1, -0.05) is 6.07 Å². The Bertz CT molecular complexity index is 345. The maximum absolute atomic E-state index is 12.1. The van der Waals surface area contributed by atoms with E-state index in [0.29, 0.717) is 18.0 Å². The molecule has 0 saturated heterocycles. The minimum Gasteiger partial charge on any atom is -0.497 e. The van der Waals surface area contributed by atoms with Crippen LogP contribution in [0.3, 0.4) is 0 Å². The molecule has 0 bridgehead atoms.